The number of rotatable bonds is 3. The Bertz CT molecular complexity index is 695. The van der Waals surface area contributed by atoms with E-state index in [4.69, 9.17) is 4.74 Å². The summed E-state index contributed by atoms with van der Waals surface area (Å²) < 4.78 is 8.39. The van der Waals surface area contributed by atoms with Gasteiger partial charge in [-0.1, -0.05) is 18.7 Å². The number of nitrogens with zero attached hydrogens (tertiary/aromatic N) is 1. The molecule has 1 heterocycles. The maximum atomic E-state index is 11.8. The fourth-order valence-electron chi connectivity index (χ4n) is 1.59. The van der Waals surface area contributed by atoms with Crippen LogP contribution < -0.4 is 19.5 Å². The van der Waals surface area contributed by atoms with E-state index in [2.05, 4.69) is 6.58 Å². The van der Waals surface area contributed by atoms with Crippen LogP contribution in [-0.2, 0) is 7.05 Å². The molecular weight excluding hydrogens is 246 g/mol. The van der Waals surface area contributed by atoms with Gasteiger partial charge in [0.2, 0.25) is 0 Å². The Morgan fingerprint density at radius 1 is 1.39 bits per heavy atom. The minimum atomic E-state index is -0.00103. The highest BCUT2D eigenvalue weighted by molar-refractivity contribution is 7.07. The molecule has 0 atom stereocenters. The van der Waals surface area contributed by atoms with Gasteiger partial charge in [-0.2, -0.15) is 0 Å². The highest BCUT2D eigenvalue weighted by Crippen LogP contribution is 2.12. The second-order valence-corrected chi connectivity index (χ2v) is 4.99. The van der Waals surface area contributed by atoms with Crippen molar-refractivity contribution in [2.24, 2.45) is 7.05 Å². The van der Waals surface area contributed by atoms with Crippen molar-refractivity contribution >= 4 is 24.0 Å². The van der Waals surface area contributed by atoms with E-state index < -0.39 is 0 Å². The summed E-state index contributed by atoms with van der Waals surface area (Å²) in [7, 11) is 1.73. The van der Waals surface area contributed by atoms with Crippen LogP contribution in [-0.4, -0.2) is 11.2 Å². The molecule has 0 aliphatic carbocycles. The van der Waals surface area contributed by atoms with Crippen LogP contribution in [0.1, 0.15) is 12.5 Å². The lowest BCUT2D eigenvalue weighted by Crippen LogP contribution is -2.28. The van der Waals surface area contributed by atoms with Gasteiger partial charge in [0.15, 0.2) is 0 Å². The molecule has 0 saturated heterocycles. The number of hydrogen-bond acceptors (Lipinski definition) is 3. The minimum Gasteiger partial charge on any atom is -0.494 e. The van der Waals surface area contributed by atoms with E-state index in [1.54, 1.807) is 11.6 Å². The fraction of sp³-hybridized carbons (Fsp3) is 0.214. The maximum absolute atomic E-state index is 11.8. The van der Waals surface area contributed by atoms with Crippen molar-refractivity contribution in [3.8, 4) is 5.75 Å². The van der Waals surface area contributed by atoms with Crippen LogP contribution in [0.15, 0.2) is 29.1 Å². The van der Waals surface area contributed by atoms with Gasteiger partial charge < -0.3 is 9.30 Å². The Hall–Kier alpha value is -1.81. The summed E-state index contributed by atoms with van der Waals surface area (Å²) in [5.74, 6) is 0.839. The van der Waals surface area contributed by atoms with Crippen molar-refractivity contribution in [1.29, 1.82) is 0 Å². The van der Waals surface area contributed by atoms with Gasteiger partial charge in [0.1, 0.15) is 5.75 Å². The zero-order valence-electron chi connectivity index (χ0n) is 10.5. The Labute approximate surface area is 109 Å². The van der Waals surface area contributed by atoms with E-state index in [0.29, 0.717) is 11.1 Å². The second kappa shape index (κ2) is 5.23. The second-order valence-electron chi connectivity index (χ2n) is 3.87. The Kier molecular flexibility index (Phi) is 3.67. The summed E-state index contributed by atoms with van der Waals surface area (Å²) in [6.45, 7) is 6.42. The zero-order valence-corrected chi connectivity index (χ0v) is 11.3. The first-order valence-corrected chi connectivity index (χ1v) is 6.53. The maximum Gasteiger partial charge on any atom is 0.268 e. The van der Waals surface area contributed by atoms with Crippen molar-refractivity contribution in [2.75, 3.05) is 6.61 Å². The molecule has 0 aliphatic rings. The van der Waals surface area contributed by atoms with Crippen molar-refractivity contribution in [1.82, 2.24) is 4.57 Å². The Morgan fingerprint density at radius 2 is 2.06 bits per heavy atom. The third-order valence-corrected chi connectivity index (χ3v) is 3.63. The molecule has 2 rings (SSSR count). The van der Waals surface area contributed by atoms with Crippen molar-refractivity contribution in [3.05, 3.63) is 49.4 Å². The fourth-order valence-corrected chi connectivity index (χ4v) is 2.48. The van der Waals surface area contributed by atoms with Crippen LogP contribution in [0.2, 0.25) is 0 Å². The molecule has 1 aromatic carbocycles. The summed E-state index contributed by atoms with van der Waals surface area (Å²) >= 11 is 1.40. The van der Waals surface area contributed by atoms with Gasteiger partial charge >= 0.3 is 0 Å². The lowest BCUT2D eigenvalue weighted by Gasteiger charge is -2.01. The van der Waals surface area contributed by atoms with Gasteiger partial charge in [0.25, 0.3) is 5.56 Å². The van der Waals surface area contributed by atoms with E-state index in [0.717, 1.165) is 16.0 Å². The van der Waals surface area contributed by atoms with E-state index in [-0.39, 0.29) is 5.56 Å². The third kappa shape index (κ3) is 2.54. The highest BCUT2D eigenvalue weighted by Gasteiger charge is 1.98. The van der Waals surface area contributed by atoms with Crippen molar-refractivity contribution < 1.29 is 4.74 Å². The third-order valence-electron chi connectivity index (χ3n) is 2.61. The molecule has 4 heteroatoms. The molecule has 1 aromatic heterocycles. The molecule has 18 heavy (non-hydrogen) atoms. The highest BCUT2D eigenvalue weighted by atomic mass is 32.1. The summed E-state index contributed by atoms with van der Waals surface area (Å²) in [6, 6.07) is 7.68. The van der Waals surface area contributed by atoms with Gasteiger partial charge in [0.05, 0.1) is 15.8 Å². The van der Waals surface area contributed by atoms with Crippen LogP contribution in [0.4, 0.5) is 0 Å². The van der Waals surface area contributed by atoms with E-state index in [1.165, 1.54) is 11.3 Å². The molecule has 0 unspecified atom stereocenters. The molecule has 0 N–H and O–H groups in total. The molecule has 0 amide bonds. The molecule has 3 nitrogen and oxygen atoms in total. The minimum absolute atomic E-state index is 0.00103. The van der Waals surface area contributed by atoms with Gasteiger partial charge in [-0.3, -0.25) is 4.79 Å². The first-order valence-electron chi connectivity index (χ1n) is 5.71. The average molecular weight is 261 g/mol. The molecule has 0 spiro atoms. The van der Waals surface area contributed by atoms with Gasteiger partial charge in [-0.25, -0.2) is 0 Å². The standard InChI is InChI=1S/C14H15NO2S/c1-4-17-12-7-5-11(6-8-12)9-13-14(16)15(3)10(2)18-13/h5-9H,2,4H2,1,3H3. The normalized spacial score (nSPS) is 11.8. The quantitative estimate of drug-likeness (QED) is 0.828. The number of aromatic nitrogens is 1. The van der Waals surface area contributed by atoms with Crippen LogP contribution in [0, 0.1) is 0 Å². The zero-order chi connectivity index (χ0) is 13.1. The van der Waals surface area contributed by atoms with E-state index in [9.17, 15) is 4.79 Å². The molecule has 0 radical (unpaired) electrons. The number of benzene rings is 1. The van der Waals surface area contributed by atoms with Gasteiger partial charge in [-0.15, -0.1) is 11.3 Å². The molecule has 0 fully saturated rings. The number of ether oxygens (including phenoxy) is 1. The molecule has 2 aromatic rings. The SMILES string of the molecule is C=c1sc(=Cc2ccc(OCC)cc2)c(=O)n1C. The summed E-state index contributed by atoms with van der Waals surface area (Å²) in [5, 5.41) is 0. The monoisotopic (exact) mass is 261 g/mol. The van der Waals surface area contributed by atoms with Crippen LogP contribution in [0.25, 0.3) is 12.7 Å². The molecule has 0 bridgehead atoms. The van der Waals surface area contributed by atoms with Crippen LogP contribution in [0.5, 0.6) is 5.75 Å². The van der Waals surface area contributed by atoms with E-state index in [1.807, 2.05) is 37.3 Å². The Balaban J connectivity index is 2.41. The van der Waals surface area contributed by atoms with Crippen LogP contribution in [0.3, 0.4) is 0 Å². The average Bonchev–Trinajstić information content (AvgIpc) is 2.60. The summed E-state index contributed by atoms with van der Waals surface area (Å²) in [4.78, 5) is 11.8. The number of hydrogen-bond donors (Lipinski definition) is 0. The first kappa shape index (κ1) is 12.6. The Morgan fingerprint density at radius 3 is 2.56 bits per heavy atom. The van der Waals surface area contributed by atoms with Gasteiger partial charge in [-0.05, 0) is 30.7 Å². The molecule has 94 valence electrons. The smallest absolute Gasteiger partial charge is 0.268 e. The lowest BCUT2D eigenvalue weighted by molar-refractivity contribution is 0.340. The summed E-state index contributed by atoms with van der Waals surface area (Å²) in [6.07, 6.45) is 1.87. The largest absolute Gasteiger partial charge is 0.494 e. The number of thiazole rings is 1. The van der Waals surface area contributed by atoms with Gasteiger partial charge in [0, 0.05) is 7.05 Å². The lowest BCUT2D eigenvalue weighted by atomic mass is 10.2. The predicted molar refractivity (Wildman–Crippen MR) is 75.5 cm³/mol. The topological polar surface area (TPSA) is 31.2 Å². The predicted octanol–water partition coefficient (Wildman–Crippen LogP) is 1.08. The van der Waals surface area contributed by atoms with Crippen molar-refractivity contribution in [3.63, 3.8) is 0 Å². The molecule has 0 aliphatic heterocycles. The summed E-state index contributed by atoms with van der Waals surface area (Å²) in [5.41, 5.74) is 0.983. The molecular formula is C14H15NO2S. The molecule has 0 saturated carbocycles. The van der Waals surface area contributed by atoms with Crippen molar-refractivity contribution in [2.45, 2.75) is 6.92 Å². The van der Waals surface area contributed by atoms with E-state index >= 15 is 0 Å². The van der Waals surface area contributed by atoms with Crippen LogP contribution >= 0.6 is 11.3 Å². The first-order chi connectivity index (χ1) is 8.61.